The molecule has 0 unspecified atom stereocenters. The van der Waals surface area contributed by atoms with Crippen molar-refractivity contribution in [3.63, 3.8) is 0 Å². The van der Waals surface area contributed by atoms with Crippen molar-refractivity contribution in [2.24, 2.45) is 0 Å². The Hall–Kier alpha value is -3.47. The summed E-state index contributed by atoms with van der Waals surface area (Å²) in [5.74, 6) is 0.505. The lowest BCUT2D eigenvalue weighted by molar-refractivity contribution is 0.545. The third kappa shape index (κ3) is 2.84. The SMILES string of the molecule is C=CCc1cccc2cc(-c3nnc(-c4ccc(C)cc4)o3)c(=O)oc12. The van der Waals surface area contributed by atoms with E-state index in [1.165, 1.54) is 0 Å². The van der Waals surface area contributed by atoms with Crippen molar-refractivity contribution in [2.75, 3.05) is 0 Å². The van der Waals surface area contributed by atoms with Gasteiger partial charge in [0.15, 0.2) is 0 Å². The first kappa shape index (κ1) is 16.0. The highest BCUT2D eigenvalue weighted by atomic mass is 16.4. The molecule has 0 amide bonds. The maximum absolute atomic E-state index is 12.5. The largest absolute Gasteiger partial charge is 0.422 e. The van der Waals surface area contributed by atoms with Crippen LogP contribution >= 0.6 is 0 Å². The van der Waals surface area contributed by atoms with Crippen molar-refractivity contribution >= 4 is 11.0 Å². The van der Waals surface area contributed by atoms with E-state index in [0.29, 0.717) is 17.9 Å². The Balaban J connectivity index is 1.80. The van der Waals surface area contributed by atoms with Crippen LogP contribution in [0.3, 0.4) is 0 Å². The third-order valence-corrected chi connectivity index (χ3v) is 4.16. The van der Waals surface area contributed by atoms with E-state index in [9.17, 15) is 4.79 Å². The average Bonchev–Trinajstić information content (AvgIpc) is 3.12. The average molecular weight is 344 g/mol. The summed E-state index contributed by atoms with van der Waals surface area (Å²) in [5, 5.41) is 8.87. The molecule has 2 heterocycles. The molecule has 0 aliphatic carbocycles. The lowest BCUT2D eigenvalue weighted by Gasteiger charge is -2.03. The van der Waals surface area contributed by atoms with E-state index in [1.54, 1.807) is 12.1 Å². The van der Waals surface area contributed by atoms with Crippen LogP contribution in [-0.4, -0.2) is 10.2 Å². The highest BCUT2D eigenvalue weighted by Gasteiger charge is 2.16. The predicted molar refractivity (Wildman–Crippen MR) is 99.9 cm³/mol. The predicted octanol–water partition coefficient (Wildman–Crippen LogP) is 4.55. The Kier molecular flexibility index (Phi) is 3.97. The molecule has 0 saturated carbocycles. The van der Waals surface area contributed by atoms with E-state index < -0.39 is 5.63 Å². The quantitative estimate of drug-likeness (QED) is 0.401. The highest BCUT2D eigenvalue weighted by molar-refractivity contribution is 5.83. The summed E-state index contributed by atoms with van der Waals surface area (Å²) in [6.45, 7) is 5.74. The Bertz CT molecular complexity index is 1150. The van der Waals surface area contributed by atoms with Gasteiger partial charge in [-0.25, -0.2) is 4.79 Å². The van der Waals surface area contributed by atoms with Crippen molar-refractivity contribution in [3.8, 4) is 22.9 Å². The summed E-state index contributed by atoms with van der Waals surface area (Å²) in [4.78, 5) is 12.5. The van der Waals surface area contributed by atoms with E-state index in [0.717, 1.165) is 22.1 Å². The number of hydrogen-bond donors (Lipinski definition) is 0. The van der Waals surface area contributed by atoms with Crippen molar-refractivity contribution in [2.45, 2.75) is 13.3 Å². The number of fused-ring (bicyclic) bond motifs is 1. The smallest absolute Gasteiger partial charge is 0.349 e. The van der Waals surface area contributed by atoms with Gasteiger partial charge < -0.3 is 8.83 Å². The standard InChI is InChI=1S/C21H16N2O3/c1-3-5-14-6-4-7-16-12-17(21(24)25-18(14)16)20-23-22-19(26-20)15-10-8-13(2)9-11-15/h3-4,6-12H,1,5H2,2H3. The first-order valence-electron chi connectivity index (χ1n) is 8.23. The molecule has 5 heteroatoms. The number of allylic oxidation sites excluding steroid dienone is 1. The summed E-state index contributed by atoms with van der Waals surface area (Å²) >= 11 is 0. The van der Waals surface area contributed by atoms with Gasteiger partial charge in [0.05, 0.1) is 0 Å². The second kappa shape index (κ2) is 6.44. The first-order valence-corrected chi connectivity index (χ1v) is 8.23. The normalized spacial score (nSPS) is 11.0. The molecule has 2 aromatic carbocycles. The minimum absolute atomic E-state index is 0.144. The van der Waals surface area contributed by atoms with Crippen molar-refractivity contribution in [3.05, 3.63) is 82.7 Å². The van der Waals surface area contributed by atoms with Crippen LogP contribution in [0.25, 0.3) is 33.9 Å². The molecule has 5 nitrogen and oxygen atoms in total. The monoisotopic (exact) mass is 344 g/mol. The molecule has 0 spiro atoms. The maximum atomic E-state index is 12.5. The Morgan fingerprint density at radius 3 is 2.58 bits per heavy atom. The molecule has 0 radical (unpaired) electrons. The van der Waals surface area contributed by atoms with Gasteiger partial charge in [-0.1, -0.05) is 42.0 Å². The molecular weight excluding hydrogens is 328 g/mol. The zero-order valence-corrected chi connectivity index (χ0v) is 14.2. The molecule has 0 aliphatic heterocycles. The van der Waals surface area contributed by atoms with Gasteiger partial charge in [-0.05, 0) is 37.1 Å². The van der Waals surface area contributed by atoms with Crippen LogP contribution < -0.4 is 5.63 Å². The molecule has 0 fully saturated rings. The molecule has 0 N–H and O–H groups in total. The maximum Gasteiger partial charge on any atom is 0.349 e. The van der Waals surface area contributed by atoms with Crippen LogP contribution in [-0.2, 0) is 6.42 Å². The molecule has 4 aromatic rings. The van der Waals surface area contributed by atoms with Crippen molar-refractivity contribution in [1.82, 2.24) is 10.2 Å². The number of nitrogens with zero attached hydrogens (tertiary/aromatic N) is 2. The van der Waals surface area contributed by atoms with Crippen LogP contribution in [0.1, 0.15) is 11.1 Å². The van der Waals surface area contributed by atoms with Crippen LogP contribution in [0.4, 0.5) is 0 Å². The topological polar surface area (TPSA) is 69.1 Å². The van der Waals surface area contributed by atoms with Gasteiger partial charge in [0, 0.05) is 10.9 Å². The van der Waals surface area contributed by atoms with Crippen LogP contribution in [0.5, 0.6) is 0 Å². The molecule has 128 valence electrons. The zero-order valence-electron chi connectivity index (χ0n) is 14.2. The Morgan fingerprint density at radius 1 is 1.04 bits per heavy atom. The number of hydrogen-bond acceptors (Lipinski definition) is 5. The second-order valence-electron chi connectivity index (χ2n) is 6.05. The van der Waals surface area contributed by atoms with E-state index in [2.05, 4.69) is 16.8 Å². The molecule has 4 rings (SSSR count). The van der Waals surface area contributed by atoms with Gasteiger partial charge in [0.2, 0.25) is 5.89 Å². The Morgan fingerprint density at radius 2 is 1.81 bits per heavy atom. The minimum Gasteiger partial charge on any atom is -0.422 e. The number of rotatable bonds is 4. The number of para-hydroxylation sites is 1. The van der Waals surface area contributed by atoms with Crippen molar-refractivity contribution in [1.29, 1.82) is 0 Å². The molecule has 0 aliphatic rings. The molecule has 0 atom stereocenters. The van der Waals surface area contributed by atoms with Crippen LogP contribution in [0.2, 0.25) is 0 Å². The zero-order chi connectivity index (χ0) is 18.1. The van der Waals surface area contributed by atoms with Gasteiger partial charge in [-0.15, -0.1) is 16.8 Å². The molecule has 26 heavy (non-hydrogen) atoms. The molecular formula is C21H16N2O3. The fourth-order valence-corrected chi connectivity index (χ4v) is 2.82. The van der Waals surface area contributed by atoms with Crippen LogP contribution in [0.15, 0.2) is 74.8 Å². The van der Waals surface area contributed by atoms with Gasteiger partial charge in [-0.2, -0.15) is 0 Å². The first-order chi connectivity index (χ1) is 12.7. The van der Waals surface area contributed by atoms with E-state index >= 15 is 0 Å². The van der Waals surface area contributed by atoms with Gasteiger partial charge in [0.1, 0.15) is 11.1 Å². The highest BCUT2D eigenvalue weighted by Crippen LogP contribution is 2.26. The second-order valence-corrected chi connectivity index (χ2v) is 6.05. The van der Waals surface area contributed by atoms with Gasteiger partial charge in [0.25, 0.3) is 5.89 Å². The summed E-state index contributed by atoms with van der Waals surface area (Å²) < 4.78 is 11.2. The fourth-order valence-electron chi connectivity index (χ4n) is 2.82. The Labute approximate surface area is 149 Å². The number of aryl methyl sites for hydroxylation is 1. The summed E-state index contributed by atoms with van der Waals surface area (Å²) in [6, 6.07) is 15.2. The number of aromatic nitrogens is 2. The fraction of sp³-hybridized carbons (Fsp3) is 0.0952. The lowest BCUT2D eigenvalue weighted by atomic mass is 10.1. The molecule has 2 aromatic heterocycles. The van der Waals surface area contributed by atoms with E-state index in [4.69, 9.17) is 8.83 Å². The third-order valence-electron chi connectivity index (χ3n) is 4.16. The summed E-state index contributed by atoms with van der Waals surface area (Å²) in [6.07, 6.45) is 2.40. The van der Waals surface area contributed by atoms with Gasteiger partial charge in [-0.3, -0.25) is 0 Å². The number of benzene rings is 2. The van der Waals surface area contributed by atoms with E-state index in [-0.39, 0.29) is 11.5 Å². The molecule has 0 saturated heterocycles. The summed E-state index contributed by atoms with van der Waals surface area (Å²) in [5.41, 5.74) is 3.14. The van der Waals surface area contributed by atoms with Crippen LogP contribution in [0, 0.1) is 6.92 Å². The minimum atomic E-state index is -0.506. The van der Waals surface area contributed by atoms with Gasteiger partial charge >= 0.3 is 5.63 Å². The molecule has 0 bridgehead atoms. The lowest BCUT2D eigenvalue weighted by Crippen LogP contribution is -2.04. The van der Waals surface area contributed by atoms with E-state index in [1.807, 2.05) is 49.4 Å². The van der Waals surface area contributed by atoms with Crippen molar-refractivity contribution < 1.29 is 8.83 Å². The summed E-state index contributed by atoms with van der Waals surface area (Å²) in [7, 11) is 0.